The predicted molar refractivity (Wildman–Crippen MR) is 131 cm³/mol. The minimum atomic E-state index is -0.581. The number of nitrogens with zero attached hydrogens (tertiary/aromatic N) is 1. The number of amides is 2. The molecule has 0 heterocycles. The Bertz CT molecular complexity index is 904. The molecule has 1 aliphatic carbocycles. The zero-order valence-corrected chi connectivity index (χ0v) is 20.4. The number of hydrogen-bond acceptors (Lipinski definition) is 2. The minimum Gasteiger partial charge on any atom is -0.352 e. The Hall–Kier alpha value is -2.04. The summed E-state index contributed by atoms with van der Waals surface area (Å²) < 4.78 is 0. The summed E-state index contributed by atoms with van der Waals surface area (Å²) in [6, 6.07) is 12.8. The number of benzene rings is 2. The summed E-state index contributed by atoms with van der Waals surface area (Å²) in [5, 5.41) is 4.18. The molecule has 4 nitrogen and oxygen atoms in total. The first kappa shape index (κ1) is 24.6. The van der Waals surface area contributed by atoms with Crippen LogP contribution in [0.5, 0.6) is 0 Å². The van der Waals surface area contributed by atoms with E-state index in [4.69, 9.17) is 23.2 Å². The summed E-state index contributed by atoms with van der Waals surface area (Å²) in [6.07, 6.45) is 6.21. The van der Waals surface area contributed by atoms with Crippen LogP contribution in [0, 0.1) is 6.92 Å². The molecule has 6 heteroatoms. The number of hydrogen-bond donors (Lipinski definition) is 1. The Morgan fingerprint density at radius 3 is 2.25 bits per heavy atom. The van der Waals surface area contributed by atoms with Crippen LogP contribution < -0.4 is 5.32 Å². The van der Waals surface area contributed by atoms with Crippen molar-refractivity contribution in [2.45, 2.75) is 77.4 Å². The number of rotatable bonds is 8. The fourth-order valence-corrected chi connectivity index (χ4v) is 4.82. The maximum absolute atomic E-state index is 13.5. The Balaban J connectivity index is 1.85. The lowest BCUT2D eigenvalue weighted by Crippen LogP contribution is -2.52. The highest BCUT2D eigenvalue weighted by molar-refractivity contribution is 6.36. The molecule has 1 N–H and O–H groups in total. The molecule has 1 aliphatic rings. The largest absolute Gasteiger partial charge is 0.352 e. The van der Waals surface area contributed by atoms with Crippen molar-refractivity contribution in [2.24, 2.45) is 0 Å². The third kappa shape index (κ3) is 6.49. The van der Waals surface area contributed by atoms with E-state index in [0.717, 1.165) is 36.8 Å². The molecular formula is C26H32Cl2N2O2. The van der Waals surface area contributed by atoms with E-state index in [2.05, 4.69) is 5.32 Å². The van der Waals surface area contributed by atoms with E-state index in [1.54, 1.807) is 23.1 Å². The summed E-state index contributed by atoms with van der Waals surface area (Å²) in [5.74, 6) is -0.213. The van der Waals surface area contributed by atoms with E-state index in [0.29, 0.717) is 22.0 Å². The molecule has 1 fully saturated rings. The molecule has 0 bridgehead atoms. The normalized spacial score (nSPS) is 15.2. The molecule has 0 unspecified atom stereocenters. The zero-order valence-electron chi connectivity index (χ0n) is 18.9. The van der Waals surface area contributed by atoms with Gasteiger partial charge in [0.2, 0.25) is 11.8 Å². The van der Waals surface area contributed by atoms with Crippen molar-refractivity contribution in [1.29, 1.82) is 0 Å². The molecule has 1 saturated carbocycles. The van der Waals surface area contributed by atoms with Crippen LogP contribution in [0.2, 0.25) is 10.0 Å². The molecule has 0 aliphatic heterocycles. The second-order valence-electron chi connectivity index (χ2n) is 8.65. The molecule has 0 spiro atoms. The summed E-state index contributed by atoms with van der Waals surface area (Å²) in [7, 11) is 0. The van der Waals surface area contributed by atoms with Gasteiger partial charge in [-0.25, -0.2) is 0 Å². The van der Waals surface area contributed by atoms with Gasteiger partial charge in [-0.2, -0.15) is 0 Å². The molecule has 2 aromatic carbocycles. The van der Waals surface area contributed by atoms with Crippen LogP contribution in [0.4, 0.5) is 0 Å². The van der Waals surface area contributed by atoms with Gasteiger partial charge in [0.05, 0.1) is 6.42 Å². The molecule has 2 amide bonds. The van der Waals surface area contributed by atoms with Crippen LogP contribution in [0.25, 0.3) is 0 Å². The lowest BCUT2D eigenvalue weighted by molar-refractivity contribution is -0.141. The van der Waals surface area contributed by atoms with E-state index >= 15 is 0 Å². The van der Waals surface area contributed by atoms with Gasteiger partial charge in [-0.3, -0.25) is 9.59 Å². The first-order chi connectivity index (χ1) is 15.4. The lowest BCUT2D eigenvalue weighted by Gasteiger charge is -2.33. The van der Waals surface area contributed by atoms with Crippen LogP contribution in [-0.2, 0) is 22.6 Å². The van der Waals surface area contributed by atoms with Gasteiger partial charge >= 0.3 is 0 Å². The van der Waals surface area contributed by atoms with Gasteiger partial charge in [-0.05, 0) is 43.9 Å². The number of halogens is 2. The summed E-state index contributed by atoms with van der Waals surface area (Å²) in [6.45, 7) is 4.14. The lowest BCUT2D eigenvalue weighted by atomic mass is 9.95. The van der Waals surface area contributed by atoms with Gasteiger partial charge in [0.15, 0.2) is 0 Å². The summed E-state index contributed by atoms with van der Waals surface area (Å²) in [4.78, 5) is 28.4. The van der Waals surface area contributed by atoms with Crippen molar-refractivity contribution in [1.82, 2.24) is 10.2 Å². The van der Waals surface area contributed by atoms with Crippen molar-refractivity contribution in [3.8, 4) is 0 Å². The molecule has 0 aromatic heterocycles. The van der Waals surface area contributed by atoms with Gasteiger partial charge in [0, 0.05) is 28.2 Å². The second-order valence-corrected chi connectivity index (χ2v) is 9.47. The Morgan fingerprint density at radius 1 is 1.03 bits per heavy atom. The van der Waals surface area contributed by atoms with Gasteiger partial charge < -0.3 is 10.2 Å². The first-order valence-corrected chi connectivity index (χ1v) is 12.2. The zero-order chi connectivity index (χ0) is 23.1. The maximum Gasteiger partial charge on any atom is 0.243 e. The molecule has 3 rings (SSSR count). The average molecular weight is 475 g/mol. The van der Waals surface area contributed by atoms with E-state index < -0.39 is 6.04 Å². The quantitative estimate of drug-likeness (QED) is 0.502. The number of nitrogens with one attached hydrogen (secondary N) is 1. The Labute approximate surface area is 201 Å². The Morgan fingerprint density at radius 2 is 1.66 bits per heavy atom. The number of carbonyl (C=O) groups excluding carboxylic acids is 2. The SMILES string of the molecule is CC[C@H](C(=O)NC1CCCCC1)N(Cc1c(Cl)cccc1Cl)C(=O)Cc1ccc(C)cc1. The van der Waals surface area contributed by atoms with Crippen LogP contribution >= 0.6 is 23.2 Å². The average Bonchev–Trinajstić information content (AvgIpc) is 2.77. The van der Waals surface area contributed by atoms with Crippen molar-refractivity contribution < 1.29 is 9.59 Å². The van der Waals surface area contributed by atoms with Gasteiger partial charge in [-0.1, -0.05) is 85.3 Å². The van der Waals surface area contributed by atoms with Crippen molar-refractivity contribution in [3.63, 3.8) is 0 Å². The monoisotopic (exact) mass is 474 g/mol. The second kappa shape index (κ2) is 11.7. The molecule has 2 aromatic rings. The van der Waals surface area contributed by atoms with Gasteiger partial charge in [0.25, 0.3) is 0 Å². The highest BCUT2D eigenvalue weighted by Gasteiger charge is 2.31. The van der Waals surface area contributed by atoms with Crippen LogP contribution in [0.1, 0.15) is 62.1 Å². The van der Waals surface area contributed by atoms with Crippen molar-refractivity contribution in [3.05, 3.63) is 69.2 Å². The Kier molecular flexibility index (Phi) is 9.01. The fourth-order valence-electron chi connectivity index (χ4n) is 4.30. The van der Waals surface area contributed by atoms with Crippen LogP contribution in [0.3, 0.4) is 0 Å². The minimum absolute atomic E-state index is 0.0974. The summed E-state index contributed by atoms with van der Waals surface area (Å²) >= 11 is 12.8. The molecule has 1 atom stereocenters. The molecule has 172 valence electrons. The van der Waals surface area contributed by atoms with E-state index in [-0.39, 0.29) is 30.8 Å². The number of carbonyl (C=O) groups is 2. The van der Waals surface area contributed by atoms with E-state index in [9.17, 15) is 9.59 Å². The maximum atomic E-state index is 13.5. The van der Waals surface area contributed by atoms with Crippen LogP contribution in [-0.4, -0.2) is 28.8 Å². The van der Waals surface area contributed by atoms with Crippen molar-refractivity contribution >= 4 is 35.0 Å². The third-order valence-corrected chi connectivity index (χ3v) is 6.91. The van der Waals surface area contributed by atoms with Gasteiger partial charge in [-0.15, -0.1) is 0 Å². The fraction of sp³-hybridized carbons (Fsp3) is 0.462. The molecule has 0 radical (unpaired) electrons. The summed E-state index contributed by atoms with van der Waals surface area (Å²) in [5.41, 5.74) is 2.72. The predicted octanol–water partition coefficient (Wildman–Crippen LogP) is 6.10. The topological polar surface area (TPSA) is 49.4 Å². The highest BCUT2D eigenvalue weighted by Crippen LogP contribution is 2.27. The third-order valence-electron chi connectivity index (χ3n) is 6.20. The van der Waals surface area contributed by atoms with E-state index in [1.165, 1.54) is 6.42 Å². The molecule has 32 heavy (non-hydrogen) atoms. The van der Waals surface area contributed by atoms with E-state index in [1.807, 2.05) is 38.1 Å². The smallest absolute Gasteiger partial charge is 0.243 e. The molecular weight excluding hydrogens is 443 g/mol. The molecule has 0 saturated heterocycles. The standard InChI is InChI=1S/C26H32Cl2N2O2/c1-3-24(26(32)29-20-8-5-4-6-9-20)30(17-21-22(27)10-7-11-23(21)28)25(31)16-19-14-12-18(2)13-15-19/h7,10-15,20,24H,3-6,8-9,16-17H2,1-2H3,(H,29,32)/t24-/m1/s1. The van der Waals surface area contributed by atoms with Crippen molar-refractivity contribution in [2.75, 3.05) is 0 Å². The first-order valence-electron chi connectivity index (χ1n) is 11.5. The van der Waals surface area contributed by atoms with Gasteiger partial charge in [0.1, 0.15) is 6.04 Å². The highest BCUT2D eigenvalue weighted by atomic mass is 35.5. The van der Waals surface area contributed by atoms with Crippen LogP contribution in [0.15, 0.2) is 42.5 Å². The number of aryl methyl sites for hydroxylation is 1.